The number of hydrogen-bond donors (Lipinski definition) is 0. The van der Waals surface area contributed by atoms with Crippen molar-refractivity contribution in [3.63, 3.8) is 0 Å². The molecule has 0 unspecified atom stereocenters. The Morgan fingerprint density at radius 3 is 2.62 bits per heavy atom. The van der Waals surface area contributed by atoms with Gasteiger partial charge in [0.25, 0.3) is 0 Å². The minimum Gasteiger partial charge on any atom is -0.346 e. The molecule has 0 aliphatic carbocycles. The lowest BCUT2D eigenvalue weighted by atomic mass is 9.99. The molecule has 1 aliphatic heterocycles. The first-order valence-corrected chi connectivity index (χ1v) is 7.66. The summed E-state index contributed by atoms with van der Waals surface area (Å²) in [6.45, 7) is 2.36. The van der Waals surface area contributed by atoms with Crippen LogP contribution in [-0.4, -0.2) is 22.8 Å². The highest BCUT2D eigenvalue weighted by molar-refractivity contribution is 6.30. The van der Waals surface area contributed by atoms with E-state index in [9.17, 15) is 0 Å². The fourth-order valence-electron chi connectivity index (χ4n) is 2.65. The number of nitrogens with zero attached hydrogens (tertiary/aromatic N) is 2. The van der Waals surface area contributed by atoms with E-state index in [4.69, 9.17) is 21.1 Å². The van der Waals surface area contributed by atoms with E-state index in [0.29, 0.717) is 0 Å². The number of hydrogen-bond acceptors (Lipinski definition) is 3. The molecular weight excluding hydrogens is 288 g/mol. The highest BCUT2D eigenvalue weighted by Gasteiger charge is 2.36. The smallest absolute Gasteiger partial charge is 0.194 e. The zero-order valence-electron chi connectivity index (χ0n) is 11.9. The second-order valence-electron chi connectivity index (χ2n) is 5.21. The zero-order chi connectivity index (χ0) is 14.5. The summed E-state index contributed by atoms with van der Waals surface area (Å²) in [5.74, 6) is -0.635. The second kappa shape index (κ2) is 6.60. The highest BCUT2D eigenvalue weighted by Crippen LogP contribution is 2.36. The first kappa shape index (κ1) is 14.6. The van der Waals surface area contributed by atoms with Crippen LogP contribution in [0.1, 0.15) is 24.8 Å². The molecule has 0 amide bonds. The van der Waals surface area contributed by atoms with Crippen LogP contribution in [0.15, 0.2) is 43.0 Å². The van der Waals surface area contributed by atoms with E-state index in [1.807, 2.05) is 36.8 Å². The van der Waals surface area contributed by atoms with Gasteiger partial charge in [0, 0.05) is 35.9 Å². The number of aromatic nitrogens is 2. The Labute approximate surface area is 129 Å². The van der Waals surface area contributed by atoms with E-state index < -0.39 is 5.79 Å². The molecule has 0 bridgehead atoms. The lowest BCUT2D eigenvalue weighted by Gasteiger charge is -2.37. The maximum Gasteiger partial charge on any atom is 0.194 e. The van der Waals surface area contributed by atoms with E-state index in [1.54, 1.807) is 6.20 Å². The average Bonchev–Trinajstić information content (AvgIpc) is 3.02. The Morgan fingerprint density at radius 2 is 1.95 bits per heavy atom. The van der Waals surface area contributed by atoms with Crippen molar-refractivity contribution >= 4 is 11.6 Å². The number of halogens is 1. The van der Waals surface area contributed by atoms with Crippen molar-refractivity contribution in [2.24, 2.45) is 0 Å². The fraction of sp³-hybridized carbons (Fsp3) is 0.438. The maximum atomic E-state index is 6.02. The largest absolute Gasteiger partial charge is 0.346 e. The highest BCUT2D eigenvalue weighted by atomic mass is 35.5. The van der Waals surface area contributed by atoms with Crippen LogP contribution in [0, 0.1) is 0 Å². The van der Waals surface area contributed by atoms with E-state index in [-0.39, 0.29) is 0 Å². The molecule has 0 radical (unpaired) electrons. The Kier molecular flexibility index (Phi) is 4.58. The Morgan fingerprint density at radius 1 is 1.19 bits per heavy atom. The Balaban J connectivity index is 1.71. The van der Waals surface area contributed by atoms with Gasteiger partial charge in [-0.15, -0.1) is 0 Å². The van der Waals surface area contributed by atoms with Gasteiger partial charge in [0.05, 0.1) is 19.5 Å². The zero-order valence-corrected chi connectivity index (χ0v) is 12.6. The van der Waals surface area contributed by atoms with Crippen LogP contribution in [0.3, 0.4) is 0 Å². The SMILES string of the molecule is Clc1ccc(C2(CCCn3ccnc3)OCCCO2)cc1. The summed E-state index contributed by atoms with van der Waals surface area (Å²) in [6, 6.07) is 7.75. The van der Waals surface area contributed by atoms with Crippen LogP contribution in [0.2, 0.25) is 5.02 Å². The minimum atomic E-state index is -0.635. The van der Waals surface area contributed by atoms with Crippen LogP contribution < -0.4 is 0 Å². The molecule has 1 aromatic carbocycles. The molecule has 1 aliphatic rings. The van der Waals surface area contributed by atoms with Gasteiger partial charge >= 0.3 is 0 Å². The van der Waals surface area contributed by atoms with Crippen molar-refractivity contribution in [1.82, 2.24) is 9.55 Å². The maximum absolute atomic E-state index is 6.02. The van der Waals surface area contributed by atoms with Crippen molar-refractivity contribution in [2.75, 3.05) is 13.2 Å². The summed E-state index contributed by atoms with van der Waals surface area (Å²) in [5, 5.41) is 0.725. The lowest BCUT2D eigenvalue weighted by molar-refractivity contribution is -0.280. The fourth-order valence-corrected chi connectivity index (χ4v) is 2.77. The van der Waals surface area contributed by atoms with Crippen molar-refractivity contribution in [3.05, 3.63) is 53.6 Å². The van der Waals surface area contributed by atoms with Gasteiger partial charge in [-0.05, 0) is 25.0 Å². The molecular formula is C16H19ClN2O2. The molecule has 0 saturated carbocycles. The van der Waals surface area contributed by atoms with Crippen LogP contribution in [0.4, 0.5) is 0 Å². The molecule has 2 heterocycles. The molecule has 5 heteroatoms. The third-order valence-corrected chi connectivity index (χ3v) is 3.98. The van der Waals surface area contributed by atoms with Crippen molar-refractivity contribution < 1.29 is 9.47 Å². The Hall–Kier alpha value is -1.36. The minimum absolute atomic E-state index is 0.635. The normalized spacial score (nSPS) is 17.8. The molecule has 112 valence electrons. The van der Waals surface area contributed by atoms with Gasteiger partial charge < -0.3 is 14.0 Å². The number of imidazole rings is 1. The lowest BCUT2D eigenvalue weighted by Crippen LogP contribution is -2.38. The van der Waals surface area contributed by atoms with Gasteiger partial charge in [-0.1, -0.05) is 23.7 Å². The van der Waals surface area contributed by atoms with Crippen LogP contribution in [0.5, 0.6) is 0 Å². The molecule has 0 N–H and O–H groups in total. The van der Waals surface area contributed by atoms with Gasteiger partial charge in [0.2, 0.25) is 0 Å². The second-order valence-corrected chi connectivity index (χ2v) is 5.65. The number of ether oxygens (including phenoxy) is 2. The topological polar surface area (TPSA) is 36.3 Å². The molecule has 3 rings (SSSR count). The molecule has 1 fully saturated rings. The number of benzene rings is 1. The summed E-state index contributed by atoms with van der Waals surface area (Å²) in [6.07, 6.45) is 8.31. The van der Waals surface area contributed by atoms with Crippen LogP contribution >= 0.6 is 11.6 Å². The number of aryl methyl sites for hydroxylation is 1. The molecule has 0 spiro atoms. The standard InChI is InChI=1S/C16H19ClN2O2/c17-15-5-3-14(4-6-15)16(20-11-2-12-21-16)7-1-9-19-10-8-18-13-19/h3-6,8,10,13H,1-2,7,9,11-12H2. The first-order chi connectivity index (χ1) is 10.3. The van der Waals surface area contributed by atoms with Crippen molar-refractivity contribution in [1.29, 1.82) is 0 Å². The van der Waals surface area contributed by atoms with E-state index >= 15 is 0 Å². The molecule has 21 heavy (non-hydrogen) atoms. The van der Waals surface area contributed by atoms with Gasteiger partial charge in [-0.25, -0.2) is 4.98 Å². The van der Waals surface area contributed by atoms with Gasteiger partial charge in [-0.3, -0.25) is 0 Å². The Bertz CT molecular complexity index is 548. The third kappa shape index (κ3) is 3.46. The van der Waals surface area contributed by atoms with Gasteiger partial charge in [0.1, 0.15) is 0 Å². The summed E-state index contributed by atoms with van der Waals surface area (Å²) in [7, 11) is 0. The molecule has 2 aromatic rings. The molecule has 4 nitrogen and oxygen atoms in total. The van der Waals surface area contributed by atoms with E-state index in [0.717, 1.165) is 49.6 Å². The van der Waals surface area contributed by atoms with E-state index in [2.05, 4.69) is 9.55 Å². The summed E-state index contributed by atoms with van der Waals surface area (Å²) in [5.41, 5.74) is 1.04. The predicted molar refractivity (Wildman–Crippen MR) is 81.1 cm³/mol. The monoisotopic (exact) mass is 306 g/mol. The van der Waals surface area contributed by atoms with Gasteiger partial charge in [0.15, 0.2) is 5.79 Å². The van der Waals surface area contributed by atoms with Crippen LogP contribution in [-0.2, 0) is 21.8 Å². The molecule has 1 aromatic heterocycles. The van der Waals surface area contributed by atoms with Crippen LogP contribution in [0.25, 0.3) is 0 Å². The van der Waals surface area contributed by atoms with Crippen molar-refractivity contribution in [3.8, 4) is 0 Å². The third-order valence-electron chi connectivity index (χ3n) is 3.72. The first-order valence-electron chi connectivity index (χ1n) is 7.28. The molecule has 0 atom stereocenters. The van der Waals surface area contributed by atoms with Crippen molar-refractivity contribution in [2.45, 2.75) is 31.6 Å². The predicted octanol–water partition coefficient (Wildman–Crippen LogP) is 3.61. The summed E-state index contributed by atoms with van der Waals surface area (Å²) >= 11 is 5.98. The quantitative estimate of drug-likeness (QED) is 0.846. The average molecular weight is 307 g/mol. The summed E-state index contributed by atoms with van der Waals surface area (Å²) in [4.78, 5) is 4.06. The van der Waals surface area contributed by atoms with E-state index in [1.165, 1.54) is 0 Å². The van der Waals surface area contributed by atoms with Gasteiger partial charge in [-0.2, -0.15) is 0 Å². The molecule has 1 saturated heterocycles. The number of rotatable bonds is 5. The summed E-state index contributed by atoms with van der Waals surface area (Å²) < 4.78 is 14.1.